The van der Waals surface area contributed by atoms with Crippen LogP contribution in [0.4, 0.5) is 24.5 Å². The van der Waals surface area contributed by atoms with E-state index in [1.54, 1.807) is 37.3 Å². The lowest BCUT2D eigenvalue weighted by Crippen LogP contribution is -2.52. The van der Waals surface area contributed by atoms with Crippen LogP contribution in [-0.4, -0.2) is 30.6 Å². The number of fused-ring (bicyclic) bond motifs is 1. The van der Waals surface area contributed by atoms with Crippen LogP contribution in [0.3, 0.4) is 0 Å². The van der Waals surface area contributed by atoms with Crippen molar-refractivity contribution < 1.29 is 22.8 Å². The van der Waals surface area contributed by atoms with E-state index in [4.69, 9.17) is 11.6 Å². The van der Waals surface area contributed by atoms with Crippen LogP contribution in [0.2, 0.25) is 5.02 Å². The Bertz CT molecular complexity index is 920. The maximum Gasteiger partial charge on any atom is 0.409 e. The largest absolute Gasteiger partial charge is 0.409 e. The van der Waals surface area contributed by atoms with Crippen molar-refractivity contribution in [1.82, 2.24) is 5.32 Å². The number of alkyl halides is 3. The van der Waals surface area contributed by atoms with E-state index < -0.39 is 30.5 Å². The monoisotopic (exact) mass is 425 g/mol. The molecule has 5 nitrogen and oxygen atoms in total. The lowest BCUT2D eigenvalue weighted by atomic mass is 10.1. The minimum atomic E-state index is -4.76. The number of benzene rings is 2. The Kier molecular flexibility index (Phi) is 6.14. The number of carbonyl (C=O) groups excluding carboxylic acids is 2. The predicted octanol–water partition coefficient (Wildman–Crippen LogP) is 4.30. The van der Waals surface area contributed by atoms with Crippen molar-refractivity contribution in [1.29, 1.82) is 0 Å². The second kappa shape index (κ2) is 8.42. The zero-order valence-electron chi connectivity index (χ0n) is 15.5. The van der Waals surface area contributed by atoms with Gasteiger partial charge in [0.25, 0.3) is 0 Å². The van der Waals surface area contributed by atoms with E-state index in [1.165, 1.54) is 18.2 Å². The maximum atomic E-state index is 13.7. The summed E-state index contributed by atoms with van der Waals surface area (Å²) in [4.78, 5) is 25.5. The van der Waals surface area contributed by atoms with E-state index in [0.29, 0.717) is 9.92 Å². The molecule has 0 bridgehead atoms. The second-order valence-corrected chi connectivity index (χ2v) is 7.18. The number of nitrogens with zero attached hydrogens (tertiary/aromatic N) is 1. The van der Waals surface area contributed by atoms with Crippen LogP contribution >= 0.6 is 11.6 Å². The molecule has 2 N–H and O–H groups in total. The molecule has 3 rings (SSSR count). The molecule has 0 spiro atoms. The molecule has 0 aromatic heterocycles. The Labute approximate surface area is 170 Å². The molecule has 0 fully saturated rings. The Balaban J connectivity index is 1.86. The lowest BCUT2D eigenvalue weighted by Gasteiger charge is -2.32. The van der Waals surface area contributed by atoms with Gasteiger partial charge in [-0.2, -0.15) is 13.2 Å². The van der Waals surface area contributed by atoms with Gasteiger partial charge in [0.2, 0.25) is 11.8 Å². The van der Waals surface area contributed by atoms with E-state index in [2.05, 4.69) is 10.6 Å². The third-order valence-electron chi connectivity index (χ3n) is 4.68. The number of amides is 2. The van der Waals surface area contributed by atoms with Gasteiger partial charge in [-0.25, -0.2) is 0 Å². The minimum absolute atomic E-state index is 0.0166. The summed E-state index contributed by atoms with van der Waals surface area (Å²) in [6.45, 7) is 1.43. The highest BCUT2D eigenvalue weighted by atomic mass is 35.5. The van der Waals surface area contributed by atoms with Gasteiger partial charge in [-0.3, -0.25) is 14.5 Å². The molecule has 0 unspecified atom stereocenters. The third kappa shape index (κ3) is 4.89. The summed E-state index contributed by atoms with van der Waals surface area (Å²) in [6, 6.07) is 10.4. The third-order valence-corrected chi connectivity index (χ3v) is 4.92. The van der Waals surface area contributed by atoms with Gasteiger partial charge in [0.05, 0.1) is 24.3 Å². The number of carbonyl (C=O) groups is 2. The Morgan fingerprint density at radius 2 is 2.00 bits per heavy atom. The molecule has 1 aliphatic rings. The van der Waals surface area contributed by atoms with Gasteiger partial charge in [-0.15, -0.1) is 0 Å². The summed E-state index contributed by atoms with van der Waals surface area (Å²) < 4.78 is 41.1. The molecule has 0 radical (unpaired) electrons. The quantitative estimate of drug-likeness (QED) is 0.768. The van der Waals surface area contributed by atoms with Gasteiger partial charge < -0.3 is 10.6 Å². The van der Waals surface area contributed by atoms with Gasteiger partial charge >= 0.3 is 6.18 Å². The van der Waals surface area contributed by atoms with E-state index in [-0.39, 0.29) is 24.0 Å². The van der Waals surface area contributed by atoms with Crippen molar-refractivity contribution in [2.24, 2.45) is 0 Å². The molecule has 2 aromatic rings. The van der Waals surface area contributed by atoms with Crippen LogP contribution in [0.5, 0.6) is 0 Å². The average molecular weight is 426 g/mol. The summed E-state index contributed by atoms with van der Waals surface area (Å²) in [5.74, 6) is -1.58. The molecular formula is C20H19ClF3N3O2. The molecule has 0 saturated carbocycles. The number of halogens is 4. The molecule has 1 aliphatic heterocycles. The van der Waals surface area contributed by atoms with Crippen LogP contribution in [0.25, 0.3) is 0 Å². The molecular weight excluding hydrogens is 407 g/mol. The number of hydrogen-bond donors (Lipinski definition) is 2. The van der Waals surface area contributed by atoms with E-state index >= 15 is 0 Å². The van der Waals surface area contributed by atoms with Crippen molar-refractivity contribution >= 4 is 34.8 Å². The highest BCUT2D eigenvalue weighted by Crippen LogP contribution is 2.37. The number of hydrogen-bond acceptors (Lipinski definition) is 3. The van der Waals surface area contributed by atoms with Crippen LogP contribution in [-0.2, 0) is 9.59 Å². The smallest absolute Gasteiger partial charge is 0.324 e. The fraction of sp³-hybridized carbons (Fsp3) is 0.300. The van der Waals surface area contributed by atoms with Gasteiger partial charge in [0.1, 0.15) is 6.04 Å². The van der Waals surface area contributed by atoms with Crippen molar-refractivity contribution in [2.75, 3.05) is 16.8 Å². The van der Waals surface area contributed by atoms with Crippen LogP contribution < -0.4 is 15.5 Å². The summed E-state index contributed by atoms with van der Waals surface area (Å²) in [5.41, 5.74) is 0.981. The van der Waals surface area contributed by atoms with Gasteiger partial charge in [-0.05, 0) is 36.8 Å². The summed E-state index contributed by atoms with van der Waals surface area (Å²) >= 11 is 5.96. The Morgan fingerprint density at radius 3 is 2.69 bits per heavy atom. The van der Waals surface area contributed by atoms with Crippen LogP contribution in [0.15, 0.2) is 48.5 Å². The first-order valence-electron chi connectivity index (χ1n) is 8.93. The number of rotatable bonds is 4. The lowest BCUT2D eigenvalue weighted by molar-refractivity contribution is -0.157. The predicted molar refractivity (Wildman–Crippen MR) is 105 cm³/mol. The summed E-state index contributed by atoms with van der Waals surface area (Å²) in [5, 5.41) is 5.89. The van der Waals surface area contributed by atoms with Gasteiger partial charge in [-0.1, -0.05) is 35.9 Å². The number of anilines is 2. The molecule has 2 amide bonds. The minimum Gasteiger partial charge on any atom is -0.324 e. The SMILES string of the molecule is C[C@H](NCC(=O)N1c2ccccc2NC(=O)C[C@@H]1C(F)(F)F)c1cccc(Cl)c1. The molecule has 1 heterocycles. The molecule has 2 aromatic carbocycles. The molecule has 2 atom stereocenters. The first kappa shape index (κ1) is 21.1. The highest BCUT2D eigenvalue weighted by molar-refractivity contribution is 6.30. The Hall–Kier alpha value is -2.58. The summed E-state index contributed by atoms with van der Waals surface area (Å²) in [6.07, 6.45) is -5.63. The molecule has 154 valence electrons. The van der Waals surface area contributed by atoms with Crippen LogP contribution in [0.1, 0.15) is 24.9 Å². The van der Waals surface area contributed by atoms with Crippen LogP contribution in [0, 0.1) is 0 Å². The summed E-state index contributed by atoms with van der Waals surface area (Å²) in [7, 11) is 0. The number of para-hydroxylation sites is 2. The maximum absolute atomic E-state index is 13.7. The second-order valence-electron chi connectivity index (χ2n) is 6.75. The van der Waals surface area contributed by atoms with E-state index in [9.17, 15) is 22.8 Å². The average Bonchev–Trinajstić information content (AvgIpc) is 2.81. The fourth-order valence-electron chi connectivity index (χ4n) is 3.22. The highest BCUT2D eigenvalue weighted by Gasteiger charge is 2.48. The van der Waals surface area contributed by atoms with Crippen molar-refractivity contribution in [3.63, 3.8) is 0 Å². The van der Waals surface area contributed by atoms with Crippen molar-refractivity contribution in [3.05, 3.63) is 59.1 Å². The van der Waals surface area contributed by atoms with Gasteiger partial charge in [0, 0.05) is 11.1 Å². The normalized spacial score (nSPS) is 17.9. The topological polar surface area (TPSA) is 61.4 Å². The standard InChI is InChI=1S/C20H19ClF3N3O2/c1-12(13-5-4-6-14(21)9-13)25-11-19(29)27-16-8-3-2-7-15(16)26-18(28)10-17(27)20(22,23)24/h2-9,12,17,25H,10-11H2,1H3,(H,26,28)/t12-,17+/m0/s1. The zero-order valence-corrected chi connectivity index (χ0v) is 16.2. The number of nitrogens with one attached hydrogen (secondary N) is 2. The van der Waals surface area contributed by atoms with E-state index in [0.717, 1.165) is 5.56 Å². The van der Waals surface area contributed by atoms with Crippen molar-refractivity contribution in [2.45, 2.75) is 31.6 Å². The molecule has 29 heavy (non-hydrogen) atoms. The molecule has 0 saturated heterocycles. The Morgan fingerprint density at radius 1 is 1.28 bits per heavy atom. The van der Waals surface area contributed by atoms with Crippen molar-refractivity contribution in [3.8, 4) is 0 Å². The van der Waals surface area contributed by atoms with E-state index in [1.807, 2.05) is 0 Å². The molecule has 9 heteroatoms. The van der Waals surface area contributed by atoms with Gasteiger partial charge in [0.15, 0.2) is 0 Å². The zero-order chi connectivity index (χ0) is 21.2. The first-order valence-corrected chi connectivity index (χ1v) is 9.31. The first-order chi connectivity index (χ1) is 13.7. The fourth-order valence-corrected chi connectivity index (χ4v) is 3.41. The molecule has 0 aliphatic carbocycles.